The molecule has 0 saturated carbocycles. The third-order valence-electron chi connectivity index (χ3n) is 4.86. The van der Waals surface area contributed by atoms with Gasteiger partial charge in [-0.3, -0.25) is 14.3 Å². The molecule has 2 N–H and O–H groups in total. The number of anilines is 1. The highest BCUT2D eigenvalue weighted by atomic mass is 16.2. The third-order valence-corrected chi connectivity index (χ3v) is 4.86. The fourth-order valence-corrected chi connectivity index (χ4v) is 3.10. The van der Waals surface area contributed by atoms with Gasteiger partial charge in [-0.05, 0) is 13.3 Å². The summed E-state index contributed by atoms with van der Waals surface area (Å²) < 4.78 is 3.41. The molecule has 3 rings (SSSR count). The van der Waals surface area contributed by atoms with E-state index in [0.717, 1.165) is 38.5 Å². The van der Waals surface area contributed by atoms with Crippen molar-refractivity contribution in [3.05, 3.63) is 20.8 Å². The summed E-state index contributed by atoms with van der Waals surface area (Å²) in [6.45, 7) is 8.05. The molecule has 1 unspecified atom stereocenters. The van der Waals surface area contributed by atoms with E-state index >= 15 is 0 Å². The highest BCUT2D eigenvalue weighted by molar-refractivity contribution is 5.74. The normalized spacial score (nSPS) is 17.8. The van der Waals surface area contributed by atoms with Crippen LogP contribution in [-0.4, -0.2) is 52.3 Å². The maximum Gasteiger partial charge on any atom is 0.329 e. The average molecular weight is 321 g/mol. The molecule has 8 nitrogen and oxygen atoms in total. The Morgan fingerprint density at radius 1 is 1.30 bits per heavy atom. The first kappa shape index (κ1) is 15.8. The van der Waals surface area contributed by atoms with Gasteiger partial charge in [-0.15, -0.1) is 0 Å². The second-order valence-corrected chi connectivity index (χ2v) is 6.47. The molecule has 2 aromatic heterocycles. The maximum atomic E-state index is 12.4. The zero-order chi connectivity index (χ0) is 16.7. The summed E-state index contributed by atoms with van der Waals surface area (Å²) >= 11 is 0. The Balaban J connectivity index is 2.24. The Kier molecular flexibility index (Phi) is 4.01. The van der Waals surface area contributed by atoms with Gasteiger partial charge in [-0.2, -0.15) is 4.98 Å². The van der Waals surface area contributed by atoms with Crippen LogP contribution in [0.5, 0.6) is 0 Å². The lowest BCUT2D eigenvalue weighted by Crippen LogP contribution is -3.12. The van der Waals surface area contributed by atoms with Crippen LogP contribution in [-0.2, 0) is 7.05 Å². The second kappa shape index (κ2) is 5.84. The van der Waals surface area contributed by atoms with Gasteiger partial charge >= 0.3 is 5.69 Å². The molecular weight excluding hydrogens is 296 g/mol. The number of hydrogen-bond donors (Lipinski definition) is 2. The summed E-state index contributed by atoms with van der Waals surface area (Å²) in [6, 6.07) is 0.139. The number of piperazine rings is 1. The van der Waals surface area contributed by atoms with Gasteiger partial charge in [0.05, 0.1) is 33.2 Å². The molecule has 0 spiro atoms. The van der Waals surface area contributed by atoms with Gasteiger partial charge in [-0.25, -0.2) is 4.79 Å². The van der Waals surface area contributed by atoms with Crippen molar-refractivity contribution in [2.75, 3.05) is 38.1 Å². The summed E-state index contributed by atoms with van der Waals surface area (Å²) in [7, 11) is 3.83. The van der Waals surface area contributed by atoms with Crippen molar-refractivity contribution in [2.45, 2.75) is 26.3 Å². The van der Waals surface area contributed by atoms with Crippen LogP contribution in [0.15, 0.2) is 9.59 Å². The first-order valence-corrected chi connectivity index (χ1v) is 8.21. The van der Waals surface area contributed by atoms with Crippen molar-refractivity contribution in [1.29, 1.82) is 0 Å². The monoisotopic (exact) mass is 321 g/mol. The third kappa shape index (κ3) is 2.56. The van der Waals surface area contributed by atoms with E-state index in [2.05, 4.69) is 35.8 Å². The first-order valence-electron chi connectivity index (χ1n) is 8.21. The van der Waals surface area contributed by atoms with E-state index in [-0.39, 0.29) is 11.6 Å². The van der Waals surface area contributed by atoms with Crippen molar-refractivity contribution in [2.24, 2.45) is 7.05 Å². The number of nitrogens with one attached hydrogen (secondary N) is 2. The smallest absolute Gasteiger partial charge is 0.329 e. The van der Waals surface area contributed by atoms with E-state index in [1.807, 2.05) is 4.57 Å². The molecule has 0 aliphatic carbocycles. The zero-order valence-corrected chi connectivity index (χ0v) is 14.2. The summed E-state index contributed by atoms with van der Waals surface area (Å²) in [5.74, 6) is 0.800. The van der Waals surface area contributed by atoms with Gasteiger partial charge in [0.2, 0.25) is 5.95 Å². The lowest BCUT2D eigenvalue weighted by atomic mass is 10.2. The first-order chi connectivity index (χ1) is 10.9. The molecule has 1 aliphatic rings. The number of hydrogen-bond acceptors (Lipinski definition) is 4. The topological polar surface area (TPSA) is 80.4 Å². The number of aryl methyl sites for hydroxylation is 1. The molecule has 3 heterocycles. The number of nitrogens with zero attached hydrogens (tertiary/aromatic N) is 4. The van der Waals surface area contributed by atoms with Gasteiger partial charge in [0, 0.05) is 13.1 Å². The number of aromatic amines is 1. The SMILES string of the molecule is CCC(C)n1c(N2CC[NH+](C)CC2)nc2c1c(=O)[nH]c(=O)n2C. The van der Waals surface area contributed by atoms with E-state index in [1.165, 1.54) is 9.47 Å². The Bertz CT molecular complexity index is 825. The quantitative estimate of drug-likeness (QED) is 0.739. The van der Waals surface area contributed by atoms with Crippen LogP contribution in [0, 0.1) is 0 Å². The molecule has 1 atom stereocenters. The Morgan fingerprint density at radius 3 is 2.57 bits per heavy atom. The Morgan fingerprint density at radius 2 is 1.96 bits per heavy atom. The van der Waals surface area contributed by atoms with Gasteiger partial charge in [0.25, 0.3) is 5.56 Å². The minimum Gasteiger partial charge on any atom is -0.334 e. The predicted molar refractivity (Wildman–Crippen MR) is 89.4 cm³/mol. The minimum absolute atomic E-state index is 0.139. The zero-order valence-electron chi connectivity index (χ0n) is 14.2. The number of likely N-dealkylation sites (N-methyl/N-ethyl adjacent to an activating group) is 1. The number of rotatable bonds is 3. The molecule has 0 radical (unpaired) electrons. The van der Waals surface area contributed by atoms with Crippen LogP contribution < -0.4 is 21.0 Å². The van der Waals surface area contributed by atoms with Crippen molar-refractivity contribution in [3.63, 3.8) is 0 Å². The van der Waals surface area contributed by atoms with Crippen LogP contribution in [0.4, 0.5) is 5.95 Å². The molecular formula is C15H25N6O2+. The van der Waals surface area contributed by atoms with Gasteiger partial charge in [-0.1, -0.05) is 6.92 Å². The molecule has 2 aromatic rings. The summed E-state index contributed by atoms with van der Waals surface area (Å²) in [4.78, 5) is 35.1. The number of imidazole rings is 1. The highest BCUT2D eigenvalue weighted by Crippen LogP contribution is 2.25. The highest BCUT2D eigenvalue weighted by Gasteiger charge is 2.26. The van der Waals surface area contributed by atoms with Crippen LogP contribution in [0.3, 0.4) is 0 Å². The van der Waals surface area contributed by atoms with Crippen LogP contribution >= 0.6 is 0 Å². The van der Waals surface area contributed by atoms with E-state index < -0.39 is 5.69 Å². The minimum atomic E-state index is -0.425. The maximum absolute atomic E-state index is 12.4. The summed E-state index contributed by atoms with van der Waals surface area (Å²) in [5, 5.41) is 0. The fraction of sp³-hybridized carbons (Fsp3) is 0.667. The van der Waals surface area contributed by atoms with Crippen molar-refractivity contribution in [1.82, 2.24) is 19.1 Å². The van der Waals surface area contributed by atoms with E-state index in [1.54, 1.807) is 7.05 Å². The van der Waals surface area contributed by atoms with Gasteiger partial charge < -0.3 is 14.4 Å². The molecule has 126 valence electrons. The van der Waals surface area contributed by atoms with Crippen LogP contribution in [0.1, 0.15) is 26.3 Å². The molecule has 1 saturated heterocycles. The fourth-order valence-electron chi connectivity index (χ4n) is 3.10. The number of quaternary nitrogens is 1. The molecule has 0 aromatic carbocycles. The standard InChI is InChI=1S/C15H24N6O2/c1-5-10(2)21-11-12(19(4)15(23)17-13(11)22)16-14(21)20-8-6-18(3)7-9-20/h10H,5-9H2,1-4H3,(H,17,22,23)/p+1. The molecule has 8 heteroatoms. The van der Waals surface area contributed by atoms with Crippen LogP contribution in [0.25, 0.3) is 11.2 Å². The summed E-state index contributed by atoms with van der Waals surface area (Å²) in [6.07, 6.45) is 0.889. The molecule has 0 bridgehead atoms. The Hall–Kier alpha value is -2.09. The van der Waals surface area contributed by atoms with E-state index in [4.69, 9.17) is 0 Å². The van der Waals surface area contributed by atoms with Gasteiger partial charge in [0.15, 0.2) is 11.2 Å². The molecule has 1 aliphatic heterocycles. The lowest BCUT2D eigenvalue weighted by Gasteiger charge is -2.32. The second-order valence-electron chi connectivity index (χ2n) is 6.47. The van der Waals surface area contributed by atoms with Crippen molar-refractivity contribution in [3.8, 4) is 0 Å². The van der Waals surface area contributed by atoms with Crippen LogP contribution in [0.2, 0.25) is 0 Å². The molecule has 0 amide bonds. The predicted octanol–water partition coefficient (Wildman–Crippen LogP) is -1.27. The number of H-pyrrole nitrogens is 1. The largest absolute Gasteiger partial charge is 0.334 e. The van der Waals surface area contributed by atoms with Crippen molar-refractivity contribution >= 4 is 17.1 Å². The summed E-state index contributed by atoms with van der Waals surface area (Å²) in [5.41, 5.74) is 0.163. The lowest BCUT2D eigenvalue weighted by molar-refractivity contribution is -0.880. The Labute approximate surface area is 134 Å². The van der Waals surface area contributed by atoms with E-state index in [9.17, 15) is 9.59 Å². The number of aromatic nitrogens is 4. The average Bonchev–Trinajstić information content (AvgIpc) is 2.94. The molecule has 23 heavy (non-hydrogen) atoms. The number of fused-ring (bicyclic) bond motifs is 1. The van der Waals surface area contributed by atoms with Crippen molar-refractivity contribution < 1.29 is 4.90 Å². The van der Waals surface area contributed by atoms with E-state index in [0.29, 0.717) is 11.2 Å². The molecule has 1 fully saturated rings. The van der Waals surface area contributed by atoms with Gasteiger partial charge in [0.1, 0.15) is 0 Å².